The van der Waals surface area contributed by atoms with E-state index >= 15 is 0 Å². The molecule has 0 aliphatic carbocycles. The molecule has 120 valence electrons. The van der Waals surface area contributed by atoms with E-state index in [0.29, 0.717) is 25.2 Å². The van der Waals surface area contributed by atoms with Gasteiger partial charge in [0.2, 0.25) is 0 Å². The molecule has 0 fully saturated rings. The van der Waals surface area contributed by atoms with Crippen molar-refractivity contribution in [3.05, 3.63) is 4.91 Å². The van der Waals surface area contributed by atoms with Crippen molar-refractivity contribution in [2.24, 2.45) is 16.0 Å². The van der Waals surface area contributed by atoms with Crippen LogP contribution in [-0.2, 0) is 9.47 Å². The average molecular weight is 287 g/mol. The standard InChI is InChI=1S/C16H33NO3/c1-7-16(5,6)12-14(17-18)13-20-11-10-19-9-8-15(2,3)4/h14H,7-13H2,1-6H3. The quantitative estimate of drug-likeness (QED) is 0.417. The van der Waals surface area contributed by atoms with Crippen molar-refractivity contribution in [2.45, 2.75) is 66.8 Å². The Hall–Kier alpha value is -0.480. The number of nitroso groups, excluding NO2 is 1. The lowest BCUT2D eigenvalue weighted by Crippen LogP contribution is -2.23. The van der Waals surface area contributed by atoms with Crippen LogP contribution in [0.3, 0.4) is 0 Å². The molecule has 0 bridgehead atoms. The molecule has 0 aromatic rings. The Bertz CT molecular complexity index is 259. The highest BCUT2D eigenvalue weighted by molar-refractivity contribution is 4.76. The maximum atomic E-state index is 10.8. The fourth-order valence-corrected chi connectivity index (χ4v) is 1.73. The second-order valence-electron chi connectivity index (χ2n) is 7.48. The van der Waals surface area contributed by atoms with Gasteiger partial charge in [0.25, 0.3) is 0 Å². The van der Waals surface area contributed by atoms with Crippen LogP contribution in [0.1, 0.15) is 60.8 Å². The molecule has 0 heterocycles. The van der Waals surface area contributed by atoms with E-state index in [2.05, 4.69) is 46.7 Å². The zero-order valence-electron chi connectivity index (χ0n) is 14.2. The maximum absolute atomic E-state index is 10.8. The van der Waals surface area contributed by atoms with Crippen LogP contribution in [0.2, 0.25) is 0 Å². The highest BCUT2D eigenvalue weighted by Gasteiger charge is 2.22. The topological polar surface area (TPSA) is 47.9 Å². The summed E-state index contributed by atoms with van der Waals surface area (Å²) in [5.74, 6) is 0. The van der Waals surface area contributed by atoms with Crippen molar-refractivity contribution >= 4 is 0 Å². The van der Waals surface area contributed by atoms with E-state index in [4.69, 9.17) is 9.47 Å². The molecule has 4 heteroatoms. The molecule has 0 N–H and O–H groups in total. The summed E-state index contributed by atoms with van der Waals surface area (Å²) in [6.07, 6.45) is 2.85. The molecular formula is C16H33NO3. The van der Waals surface area contributed by atoms with Crippen LogP contribution in [0.15, 0.2) is 5.18 Å². The Morgan fingerprint density at radius 1 is 1.00 bits per heavy atom. The smallest absolute Gasteiger partial charge is 0.116 e. The van der Waals surface area contributed by atoms with E-state index in [9.17, 15) is 4.91 Å². The molecule has 1 unspecified atom stereocenters. The fourth-order valence-electron chi connectivity index (χ4n) is 1.73. The summed E-state index contributed by atoms with van der Waals surface area (Å²) in [4.78, 5) is 10.8. The van der Waals surface area contributed by atoms with Crippen molar-refractivity contribution in [3.8, 4) is 0 Å². The summed E-state index contributed by atoms with van der Waals surface area (Å²) in [5.41, 5.74) is 0.449. The summed E-state index contributed by atoms with van der Waals surface area (Å²) in [5, 5.41) is 3.17. The first-order chi connectivity index (χ1) is 9.20. The van der Waals surface area contributed by atoms with Gasteiger partial charge in [-0.25, -0.2) is 0 Å². The molecule has 20 heavy (non-hydrogen) atoms. The van der Waals surface area contributed by atoms with Gasteiger partial charge >= 0.3 is 0 Å². The van der Waals surface area contributed by atoms with Crippen molar-refractivity contribution < 1.29 is 9.47 Å². The highest BCUT2D eigenvalue weighted by atomic mass is 16.5. The predicted octanol–water partition coefficient (Wildman–Crippen LogP) is 4.42. The summed E-state index contributed by atoms with van der Waals surface area (Å²) >= 11 is 0. The average Bonchev–Trinajstić information content (AvgIpc) is 2.34. The second-order valence-corrected chi connectivity index (χ2v) is 7.48. The lowest BCUT2D eigenvalue weighted by atomic mass is 9.84. The summed E-state index contributed by atoms with van der Waals surface area (Å²) < 4.78 is 11.0. The molecule has 0 rings (SSSR count). The lowest BCUT2D eigenvalue weighted by Gasteiger charge is -2.24. The zero-order valence-corrected chi connectivity index (χ0v) is 14.2. The molecule has 0 aromatic heterocycles. The van der Waals surface area contributed by atoms with Crippen LogP contribution in [0, 0.1) is 15.7 Å². The zero-order chi connectivity index (χ0) is 15.6. The number of ether oxygens (including phenoxy) is 2. The Labute approximate surface area is 124 Å². The van der Waals surface area contributed by atoms with E-state index in [1.54, 1.807) is 0 Å². The van der Waals surface area contributed by atoms with Crippen LogP contribution in [0.25, 0.3) is 0 Å². The normalized spacial score (nSPS) is 14.3. The van der Waals surface area contributed by atoms with Crippen LogP contribution in [-0.4, -0.2) is 32.5 Å². The molecule has 0 radical (unpaired) electrons. The predicted molar refractivity (Wildman–Crippen MR) is 84.0 cm³/mol. The van der Waals surface area contributed by atoms with Crippen LogP contribution in [0.5, 0.6) is 0 Å². The molecular weight excluding hydrogens is 254 g/mol. The lowest BCUT2D eigenvalue weighted by molar-refractivity contribution is 0.0309. The van der Waals surface area contributed by atoms with Crippen molar-refractivity contribution in [3.63, 3.8) is 0 Å². The first kappa shape index (κ1) is 19.5. The van der Waals surface area contributed by atoms with E-state index in [1.165, 1.54) is 0 Å². The Morgan fingerprint density at radius 2 is 1.60 bits per heavy atom. The molecule has 0 aliphatic rings. The third-order valence-electron chi connectivity index (χ3n) is 3.57. The van der Waals surface area contributed by atoms with Crippen LogP contribution in [0.4, 0.5) is 0 Å². The van der Waals surface area contributed by atoms with Gasteiger partial charge in [0.15, 0.2) is 0 Å². The third-order valence-corrected chi connectivity index (χ3v) is 3.57. The SMILES string of the molecule is CCC(C)(C)CC(COCCOCCC(C)(C)C)N=O. The van der Waals surface area contributed by atoms with Crippen molar-refractivity contribution in [1.82, 2.24) is 0 Å². The third kappa shape index (κ3) is 11.4. The molecule has 0 amide bonds. The van der Waals surface area contributed by atoms with Gasteiger partial charge in [-0.05, 0) is 23.7 Å². The van der Waals surface area contributed by atoms with Gasteiger partial charge in [0.1, 0.15) is 6.04 Å². The molecule has 0 aromatic carbocycles. The van der Waals surface area contributed by atoms with Gasteiger partial charge in [-0.2, -0.15) is 4.91 Å². The number of nitrogens with zero attached hydrogens (tertiary/aromatic N) is 1. The molecule has 0 aliphatic heterocycles. The van der Waals surface area contributed by atoms with Gasteiger partial charge in [-0.3, -0.25) is 0 Å². The summed E-state index contributed by atoms with van der Waals surface area (Å²) in [6.45, 7) is 15.3. The van der Waals surface area contributed by atoms with Crippen molar-refractivity contribution in [2.75, 3.05) is 26.4 Å². The Kier molecular flexibility index (Phi) is 9.23. The minimum absolute atomic E-state index is 0.144. The molecule has 0 saturated carbocycles. The molecule has 4 nitrogen and oxygen atoms in total. The first-order valence-corrected chi connectivity index (χ1v) is 7.68. The first-order valence-electron chi connectivity index (χ1n) is 7.68. The van der Waals surface area contributed by atoms with Gasteiger partial charge in [-0.1, -0.05) is 53.1 Å². The van der Waals surface area contributed by atoms with E-state index < -0.39 is 0 Å². The number of hydrogen-bond acceptors (Lipinski definition) is 4. The number of hydrogen-bond donors (Lipinski definition) is 0. The van der Waals surface area contributed by atoms with E-state index in [-0.39, 0.29) is 11.5 Å². The van der Waals surface area contributed by atoms with Gasteiger partial charge < -0.3 is 9.47 Å². The Morgan fingerprint density at radius 3 is 2.10 bits per heavy atom. The van der Waals surface area contributed by atoms with Crippen LogP contribution < -0.4 is 0 Å². The molecule has 1 atom stereocenters. The monoisotopic (exact) mass is 287 g/mol. The van der Waals surface area contributed by atoms with Gasteiger partial charge in [0, 0.05) is 6.61 Å². The maximum Gasteiger partial charge on any atom is 0.116 e. The number of rotatable bonds is 11. The van der Waals surface area contributed by atoms with Gasteiger partial charge in [0.05, 0.1) is 19.8 Å². The Balaban J connectivity index is 3.64. The van der Waals surface area contributed by atoms with E-state index in [0.717, 1.165) is 25.9 Å². The second kappa shape index (κ2) is 9.46. The minimum Gasteiger partial charge on any atom is -0.379 e. The van der Waals surface area contributed by atoms with Crippen LogP contribution >= 0.6 is 0 Å². The highest BCUT2D eigenvalue weighted by Crippen LogP contribution is 2.27. The fraction of sp³-hybridized carbons (Fsp3) is 1.00. The summed E-state index contributed by atoms with van der Waals surface area (Å²) in [7, 11) is 0. The van der Waals surface area contributed by atoms with E-state index in [1.807, 2.05) is 0 Å². The van der Waals surface area contributed by atoms with Crippen molar-refractivity contribution in [1.29, 1.82) is 0 Å². The molecule has 0 saturated heterocycles. The summed E-state index contributed by atoms with van der Waals surface area (Å²) in [6, 6.07) is -0.250. The molecule has 0 spiro atoms. The minimum atomic E-state index is -0.250. The van der Waals surface area contributed by atoms with Gasteiger partial charge in [-0.15, -0.1) is 0 Å². The largest absolute Gasteiger partial charge is 0.379 e.